The molecule has 1 aromatic heterocycles. The summed E-state index contributed by atoms with van der Waals surface area (Å²) in [5, 5.41) is 0.694. The summed E-state index contributed by atoms with van der Waals surface area (Å²) in [6, 6.07) is 4.57. The summed E-state index contributed by atoms with van der Waals surface area (Å²) >= 11 is 0. The van der Waals surface area contributed by atoms with Crippen LogP contribution in [0.4, 0.5) is 13.2 Å². The van der Waals surface area contributed by atoms with Gasteiger partial charge < -0.3 is 8.75 Å². The van der Waals surface area contributed by atoms with Crippen LogP contribution >= 0.6 is 10.0 Å². The van der Waals surface area contributed by atoms with Gasteiger partial charge in [0.05, 0.1) is 0 Å². The summed E-state index contributed by atoms with van der Waals surface area (Å²) in [5.74, 6) is -0.265. The second kappa shape index (κ2) is 5.09. The van der Waals surface area contributed by atoms with Gasteiger partial charge in [-0.2, -0.15) is 21.6 Å². The average molecular weight is 355 g/mol. The minimum absolute atomic E-state index is 0.265. The average Bonchev–Trinajstić information content (AvgIpc) is 2.67. The lowest BCUT2D eigenvalue weighted by Gasteiger charge is -2.29. The van der Waals surface area contributed by atoms with Crippen LogP contribution < -0.4 is 4.18 Å². The van der Waals surface area contributed by atoms with E-state index in [-0.39, 0.29) is 5.75 Å². The molecule has 1 heterocycles. The summed E-state index contributed by atoms with van der Waals surface area (Å²) in [7, 11) is -5.42. The van der Waals surface area contributed by atoms with Gasteiger partial charge in [-0.25, -0.2) is 10.0 Å². The molecule has 9 heteroatoms. The number of aromatic nitrogens is 1. The number of rotatable bonds is 3. The van der Waals surface area contributed by atoms with E-state index in [1.807, 2.05) is 23.3 Å². The van der Waals surface area contributed by atoms with Crippen molar-refractivity contribution in [3.63, 3.8) is 0 Å². The molecule has 124 valence electrons. The van der Waals surface area contributed by atoms with Crippen molar-refractivity contribution in [2.24, 2.45) is 7.05 Å². The molecule has 0 fully saturated rings. The molecule has 2 aromatic rings. The minimum Gasteiger partial charge on any atom is -0.375 e. The van der Waals surface area contributed by atoms with E-state index in [2.05, 4.69) is 4.18 Å². The first-order chi connectivity index (χ1) is 9.84. The molecule has 1 aromatic carbocycles. The van der Waals surface area contributed by atoms with Crippen molar-refractivity contribution in [3.8, 4) is 5.75 Å². The first-order valence-corrected chi connectivity index (χ1v) is 10.4. The van der Waals surface area contributed by atoms with Gasteiger partial charge in [-0.3, -0.25) is 0 Å². The van der Waals surface area contributed by atoms with Crippen LogP contribution in [0, 0.1) is 0 Å². The highest BCUT2D eigenvalue weighted by molar-refractivity contribution is 8.32. The van der Waals surface area contributed by atoms with Gasteiger partial charge in [0.15, 0.2) is 5.75 Å². The number of benzene rings is 1. The van der Waals surface area contributed by atoms with Crippen LogP contribution in [-0.4, -0.2) is 37.3 Å². The predicted octanol–water partition coefficient (Wildman–Crippen LogP) is 3.46. The summed E-state index contributed by atoms with van der Waals surface area (Å²) in [6.07, 6.45) is 7.35. The molecular formula is C13H16F3NO3S2. The number of nitrogens with zero attached hydrogens (tertiary/aromatic N) is 1. The van der Waals surface area contributed by atoms with Crippen molar-refractivity contribution in [3.05, 3.63) is 24.4 Å². The Morgan fingerprint density at radius 2 is 1.68 bits per heavy atom. The lowest BCUT2D eigenvalue weighted by atomic mass is 10.2. The van der Waals surface area contributed by atoms with Gasteiger partial charge in [0.1, 0.15) is 0 Å². The molecule has 0 radical (unpaired) electrons. The molecule has 4 nitrogen and oxygen atoms in total. The molecule has 0 N–H and O–H groups in total. The van der Waals surface area contributed by atoms with Crippen molar-refractivity contribution in [1.82, 2.24) is 4.57 Å². The fourth-order valence-corrected chi connectivity index (χ4v) is 4.24. The zero-order chi connectivity index (χ0) is 16.9. The Labute approximate surface area is 128 Å². The maximum atomic E-state index is 12.6. The summed E-state index contributed by atoms with van der Waals surface area (Å²) in [4.78, 5) is 0.499. The van der Waals surface area contributed by atoms with Gasteiger partial charge in [-0.1, -0.05) is 0 Å². The lowest BCUT2D eigenvalue weighted by Crippen LogP contribution is -2.28. The Morgan fingerprint density at radius 1 is 1.09 bits per heavy atom. The molecule has 0 saturated carbocycles. The maximum Gasteiger partial charge on any atom is 0.534 e. The monoisotopic (exact) mass is 355 g/mol. The summed E-state index contributed by atoms with van der Waals surface area (Å²) in [6.45, 7) is 0. The largest absolute Gasteiger partial charge is 0.534 e. The third-order valence-electron chi connectivity index (χ3n) is 3.08. The molecular weight excluding hydrogens is 339 g/mol. The van der Waals surface area contributed by atoms with Crippen LogP contribution in [0.25, 0.3) is 10.9 Å². The Kier molecular flexibility index (Phi) is 3.93. The normalized spacial score (nSPS) is 14.3. The highest BCUT2D eigenvalue weighted by Crippen LogP contribution is 2.54. The Bertz CT molecular complexity index is 817. The van der Waals surface area contributed by atoms with Gasteiger partial charge in [0.2, 0.25) is 0 Å². The highest BCUT2D eigenvalue weighted by Gasteiger charge is 2.49. The molecule has 0 aliphatic carbocycles. The van der Waals surface area contributed by atoms with Crippen molar-refractivity contribution in [2.75, 3.05) is 18.8 Å². The first kappa shape index (κ1) is 17.0. The van der Waals surface area contributed by atoms with E-state index in [4.69, 9.17) is 0 Å². The van der Waals surface area contributed by atoms with E-state index in [0.717, 1.165) is 5.52 Å². The zero-order valence-electron chi connectivity index (χ0n) is 12.4. The van der Waals surface area contributed by atoms with E-state index in [0.29, 0.717) is 10.3 Å². The second-order valence-corrected chi connectivity index (χ2v) is 11.2. The molecule has 0 aliphatic heterocycles. The van der Waals surface area contributed by atoms with Crippen molar-refractivity contribution in [1.29, 1.82) is 0 Å². The minimum atomic E-state index is -5.69. The maximum absolute atomic E-state index is 12.6. The van der Waals surface area contributed by atoms with E-state index in [9.17, 15) is 21.6 Å². The quantitative estimate of drug-likeness (QED) is 0.626. The molecule has 0 spiro atoms. The van der Waals surface area contributed by atoms with Crippen LogP contribution in [0.3, 0.4) is 0 Å². The topological polar surface area (TPSA) is 48.3 Å². The fraction of sp³-hybridized carbons (Fsp3) is 0.385. The molecule has 22 heavy (non-hydrogen) atoms. The summed E-state index contributed by atoms with van der Waals surface area (Å²) in [5.41, 5.74) is -4.66. The van der Waals surface area contributed by atoms with E-state index in [1.54, 1.807) is 25.4 Å². The second-order valence-electron chi connectivity index (χ2n) is 5.57. The van der Waals surface area contributed by atoms with Crippen LogP contribution in [0.15, 0.2) is 29.3 Å². The Hall–Kier alpha value is -1.35. The fourth-order valence-electron chi connectivity index (χ4n) is 2.17. The van der Waals surface area contributed by atoms with Gasteiger partial charge in [-0.05, 0) is 37.0 Å². The Morgan fingerprint density at radius 3 is 2.18 bits per heavy atom. The van der Waals surface area contributed by atoms with Gasteiger partial charge in [-0.15, -0.1) is 0 Å². The van der Waals surface area contributed by atoms with Crippen molar-refractivity contribution in [2.45, 2.75) is 10.4 Å². The smallest absolute Gasteiger partial charge is 0.375 e. The number of halogens is 3. The number of hydrogen-bond acceptors (Lipinski definition) is 3. The SMILES string of the molecule is Cn1ccc2c(S(C)(C)C)c(OS(=O)(=O)C(F)(F)F)ccc21. The Balaban J connectivity index is 2.70. The van der Waals surface area contributed by atoms with E-state index in [1.165, 1.54) is 6.07 Å². The van der Waals surface area contributed by atoms with Crippen LogP contribution in [0.1, 0.15) is 0 Å². The number of hydrogen-bond donors (Lipinski definition) is 0. The van der Waals surface area contributed by atoms with Crippen LogP contribution in [0.2, 0.25) is 0 Å². The molecule has 0 amide bonds. The summed E-state index contributed by atoms with van der Waals surface area (Å²) < 4.78 is 66.5. The van der Waals surface area contributed by atoms with Crippen LogP contribution in [-0.2, 0) is 17.2 Å². The molecule has 0 saturated heterocycles. The van der Waals surface area contributed by atoms with Gasteiger partial charge >= 0.3 is 15.6 Å². The standard InChI is InChI=1S/C13H16F3NO3S2/c1-17-8-7-9-10(17)5-6-11(12(9)21(2,3)4)20-22(18,19)13(14,15)16/h5-8H,1-4H3. The number of fused-ring (bicyclic) bond motifs is 1. The van der Waals surface area contributed by atoms with Crippen molar-refractivity contribution >= 4 is 31.0 Å². The predicted molar refractivity (Wildman–Crippen MR) is 82.2 cm³/mol. The highest BCUT2D eigenvalue weighted by atomic mass is 32.3. The molecule has 0 aliphatic rings. The zero-order valence-corrected chi connectivity index (χ0v) is 14.1. The van der Waals surface area contributed by atoms with Gasteiger partial charge in [0, 0.05) is 29.0 Å². The number of alkyl halides is 3. The third kappa shape index (κ3) is 2.91. The molecule has 2 rings (SSSR count). The third-order valence-corrected chi connectivity index (χ3v) is 5.69. The van der Waals surface area contributed by atoms with Crippen LogP contribution in [0.5, 0.6) is 5.75 Å². The number of aryl methyl sites for hydroxylation is 1. The van der Waals surface area contributed by atoms with E-state index >= 15 is 0 Å². The molecule has 0 atom stereocenters. The van der Waals surface area contributed by atoms with Gasteiger partial charge in [0.25, 0.3) is 0 Å². The van der Waals surface area contributed by atoms with Crippen molar-refractivity contribution < 1.29 is 25.8 Å². The lowest BCUT2D eigenvalue weighted by molar-refractivity contribution is -0.0500. The first-order valence-electron chi connectivity index (χ1n) is 6.12. The molecule has 0 unspecified atom stereocenters. The van der Waals surface area contributed by atoms with E-state index < -0.39 is 25.7 Å². The molecule has 0 bridgehead atoms.